The van der Waals surface area contributed by atoms with E-state index in [-0.39, 0.29) is 0 Å². The van der Waals surface area contributed by atoms with Crippen LogP contribution in [0.25, 0.3) is 10.2 Å². The molecule has 0 saturated heterocycles. The second-order valence-electron chi connectivity index (χ2n) is 4.97. The van der Waals surface area contributed by atoms with Crippen LogP contribution >= 0.6 is 23.6 Å². The van der Waals surface area contributed by atoms with Crippen LogP contribution in [0.3, 0.4) is 0 Å². The largest absolute Gasteiger partial charge is 0.361 e. The first-order valence-electron chi connectivity index (χ1n) is 6.54. The van der Waals surface area contributed by atoms with Crippen molar-refractivity contribution in [3.63, 3.8) is 0 Å². The van der Waals surface area contributed by atoms with Gasteiger partial charge in [0.05, 0.1) is 16.8 Å². The van der Waals surface area contributed by atoms with E-state index in [1.807, 2.05) is 30.1 Å². The highest BCUT2D eigenvalue weighted by atomic mass is 32.1. The number of hydrogen-bond donors (Lipinski definition) is 1. The molecular weight excluding hydrogens is 288 g/mol. The average Bonchev–Trinajstić information content (AvgIpc) is 2.80. The Morgan fingerprint density at radius 1 is 1.30 bits per heavy atom. The molecule has 6 heteroatoms. The van der Waals surface area contributed by atoms with Crippen molar-refractivity contribution in [3.05, 3.63) is 29.3 Å². The quantitative estimate of drug-likeness (QED) is 0.856. The van der Waals surface area contributed by atoms with Gasteiger partial charge in [0.2, 0.25) is 0 Å². The number of thiocarbonyl (C=S) groups is 1. The van der Waals surface area contributed by atoms with Crippen LogP contribution in [-0.4, -0.2) is 54.1 Å². The summed E-state index contributed by atoms with van der Waals surface area (Å²) >= 11 is 7.11. The van der Waals surface area contributed by atoms with Crippen LogP contribution in [0, 0.1) is 0 Å². The first-order valence-corrected chi connectivity index (χ1v) is 7.77. The van der Waals surface area contributed by atoms with Crippen LogP contribution in [0.5, 0.6) is 0 Å². The Kier molecular flexibility index (Phi) is 5.28. The van der Waals surface area contributed by atoms with Crippen LogP contribution in [0.2, 0.25) is 0 Å². The van der Waals surface area contributed by atoms with Gasteiger partial charge in [-0.2, -0.15) is 0 Å². The molecule has 0 spiro atoms. The Bertz CT molecular complexity index is 546. The van der Waals surface area contributed by atoms with E-state index in [1.54, 1.807) is 11.3 Å². The molecule has 0 aliphatic rings. The summed E-state index contributed by atoms with van der Waals surface area (Å²) < 4.78 is 1.22. The number of rotatable bonds is 5. The normalized spacial score (nSPS) is 11.0. The molecule has 20 heavy (non-hydrogen) atoms. The van der Waals surface area contributed by atoms with Crippen LogP contribution in [-0.2, 0) is 6.54 Å². The van der Waals surface area contributed by atoms with Gasteiger partial charge in [0.25, 0.3) is 0 Å². The third-order valence-corrected chi connectivity index (χ3v) is 4.37. The number of thiazole rings is 1. The molecule has 0 atom stereocenters. The lowest BCUT2D eigenvalue weighted by molar-refractivity contribution is 0.405. The molecule has 2 aromatic rings. The molecule has 4 nitrogen and oxygen atoms in total. The summed E-state index contributed by atoms with van der Waals surface area (Å²) in [5, 5.41) is 5.12. The zero-order valence-electron chi connectivity index (χ0n) is 12.1. The van der Waals surface area contributed by atoms with E-state index >= 15 is 0 Å². The van der Waals surface area contributed by atoms with Gasteiger partial charge in [-0.05, 0) is 38.4 Å². The van der Waals surface area contributed by atoms with E-state index < -0.39 is 0 Å². The maximum atomic E-state index is 5.38. The minimum Gasteiger partial charge on any atom is -0.361 e. The van der Waals surface area contributed by atoms with Gasteiger partial charge in [-0.1, -0.05) is 12.1 Å². The Labute approximate surface area is 129 Å². The molecule has 0 saturated carbocycles. The minimum atomic E-state index is 0.743. The van der Waals surface area contributed by atoms with Crippen LogP contribution in [0.4, 0.5) is 0 Å². The van der Waals surface area contributed by atoms with Crippen LogP contribution in [0.15, 0.2) is 24.3 Å². The molecule has 0 aliphatic heterocycles. The second-order valence-corrected chi connectivity index (χ2v) is 6.47. The van der Waals surface area contributed by atoms with E-state index in [9.17, 15) is 0 Å². The lowest BCUT2D eigenvalue weighted by Gasteiger charge is -2.20. The number of nitrogens with zero attached hydrogens (tertiary/aromatic N) is 3. The fourth-order valence-electron chi connectivity index (χ4n) is 1.78. The first kappa shape index (κ1) is 15.2. The van der Waals surface area contributed by atoms with Gasteiger partial charge < -0.3 is 15.1 Å². The van der Waals surface area contributed by atoms with Gasteiger partial charge in [0, 0.05) is 20.1 Å². The van der Waals surface area contributed by atoms with E-state index in [2.05, 4.69) is 35.4 Å². The van der Waals surface area contributed by atoms with Gasteiger partial charge in [-0.3, -0.25) is 0 Å². The fraction of sp³-hybridized carbons (Fsp3) is 0.429. The van der Waals surface area contributed by atoms with Gasteiger partial charge in [-0.25, -0.2) is 4.98 Å². The fourth-order valence-corrected chi connectivity index (χ4v) is 2.97. The Morgan fingerprint density at radius 3 is 2.75 bits per heavy atom. The molecular formula is C14H20N4S2. The maximum absolute atomic E-state index is 5.38. The summed E-state index contributed by atoms with van der Waals surface area (Å²) in [5.74, 6) is 0. The zero-order chi connectivity index (χ0) is 14.5. The third kappa shape index (κ3) is 4.13. The highest BCUT2D eigenvalue weighted by molar-refractivity contribution is 7.80. The Balaban J connectivity index is 1.90. The summed E-state index contributed by atoms with van der Waals surface area (Å²) in [5.41, 5.74) is 1.06. The van der Waals surface area contributed by atoms with E-state index in [0.717, 1.165) is 35.3 Å². The van der Waals surface area contributed by atoms with Gasteiger partial charge in [0.1, 0.15) is 5.01 Å². The Hall–Kier alpha value is -1.24. The van der Waals surface area contributed by atoms with Crippen molar-refractivity contribution in [2.45, 2.75) is 6.54 Å². The van der Waals surface area contributed by atoms with Crippen molar-refractivity contribution < 1.29 is 0 Å². The topological polar surface area (TPSA) is 31.4 Å². The zero-order valence-corrected chi connectivity index (χ0v) is 13.7. The van der Waals surface area contributed by atoms with Gasteiger partial charge in [0.15, 0.2) is 5.11 Å². The highest BCUT2D eigenvalue weighted by Crippen LogP contribution is 2.22. The highest BCUT2D eigenvalue weighted by Gasteiger charge is 2.09. The summed E-state index contributed by atoms with van der Waals surface area (Å²) in [6, 6.07) is 8.21. The monoisotopic (exact) mass is 308 g/mol. The molecule has 1 N–H and O–H groups in total. The van der Waals surface area contributed by atoms with Gasteiger partial charge in [-0.15, -0.1) is 11.3 Å². The number of likely N-dealkylation sites (N-methyl/N-ethyl adjacent to an activating group) is 1. The molecule has 0 fully saturated rings. The summed E-state index contributed by atoms with van der Waals surface area (Å²) in [6.45, 7) is 2.57. The molecule has 2 rings (SSSR count). The summed E-state index contributed by atoms with van der Waals surface area (Å²) in [6.07, 6.45) is 0. The van der Waals surface area contributed by atoms with Gasteiger partial charge >= 0.3 is 0 Å². The number of nitrogens with one attached hydrogen (secondary N) is 1. The lowest BCUT2D eigenvalue weighted by Crippen LogP contribution is -2.39. The van der Waals surface area contributed by atoms with Crippen LogP contribution < -0.4 is 5.32 Å². The predicted octanol–water partition coefficient (Wildman–Crippen LogP) is 2.16. The molecule has 0 radical (unpaired) electrons. The van der Waals surface area contributed by atoms with E-state index in [1.165, 1.54) is 4.70 Å². The van der Waals surface area contributed by atoms with Crippen molar-refractivity contribution in [3.8, 4) is 0 Å². The molecule has 0 amide bonds. The van der Waals surface area contributed by atoms with Crippen molar-refractivity contribution >= 4 is 38.9 Å². The molecule has 0 aliphatic carbocycles. The molecule has 1 heterocycles. The molecule has 108 valence electrons. The van der Waals surface area contributed by atoms with E-state index in [0.29, 0.717) is 0 Å². The first-order chi connectivity index (χ1) is 9.56. The van der Waals surface area contributed by atoms with Crippen LogP contribution in [0.1, 0.15) is 5.01 Å². The standard InChI is InChI=1S/C14H20N4S2/c1-17(2)9-8-15-14(19)18(3)10-13-16-11-6-4-5-7-12(11)20-13/h4-7H,8-10H2,1-3H3,(H,15,19). The number of hydrogen-bond acceptors (Lipinski definition) is 4. The molecule has 0 unspecified atom stereocenters. The number of aromatic nitrogens is 1. The van der Waals surface area contributed by atoms with Crippen molar-refractivity contribution in [2.24, 2.45) is 0 Å². The predicted molar refractivity (Wildman–Crippen MR) is 90.2 cm³/mol. The van der Waals surface area contributed by atoms with E-state index in [4.69, 9.17) is 12.2 Å². The maximum Gasteiger partial charge on any atom is 0.169 e. The minimum absolute atomic E-state index is 0.743. The van der Waals surface area contributed by atoms with Crippen molar-refractivity contribution in [1.29, 1.82) is 0 Å². The lowest BCUT2D eigenvalue weighted by atomic mass is 10.3. The smallest absolute Gasteiger partial charge is 0.169 e. The number of para-hydroxylation sites is 1. The number of fused-ring (bicyclic) bond motifs is 1. The molecule has 1 aromatic heterocycles. The summed E-state index contributed by atoms with van der Waals surface area (Å²) in [7, 11) is 6.10. The Morgan fingerprint density at radius 2 is 2.05 bits per heavy atom. The SMILES string of the molecule is CN(C)CCNC(=S)N(C)Cc1nc2ccccc2s1. The number of benzene rings is 1. The molecule has 1 aromatic carbocycles. The van der Waals surface area contributed by atoms with Crippen molar-refractivity contribution in [2.75, 3.05) is 34.2 Å². The second kappa shape index (κ2) is 6.97. The molecule has 0 bridgehead atoms. The average molecular weight is 308 g/mol. The van der Waals surface area contributed by atoms with Crippen molar-refractivity contribution in [1.82, 2.24) is 20.1 Å². The third-order valence-electron chi connectivity index (χ3n) is 2.89. The summed E-state index contributed by atoms with van der Waals surface area (Å²) in [4.78, 5) is 8.78.